The molecule has 0 spiro atoms. The minimum atomic E-state index is -0.457. The first-order valence-corrected chi connectivity index (χ1v) is 4.29. The van der Waals surface area contributed by atoms with Gasteiger partial charge >= 0.3 is 5.69 Å². The third kappa shape index (κ3) is 1.56. The Morgan fingerprint density at radius 3 is 2.87 bits per heavy atom. The molecule has 0 unspecified atom stereocenters. The first-order valence-electron chi connectivity index (χ1n) is 4.29. The van der Waals surface area contributed by atoms with Crippen LogP contribution in [0.3, 0.4) is 0 Å². The molecule has 2 aromatic rings. The highest BCUT2D eigenvalue weighted by Crippen LogP contribution is 2.21. The monoisotopic (exact) mass is 204 g/mol. The Kier molecular flexibility index (Phi) is 2.17. The van der Waals surface area contributed by atoms with Gasteiger partial charge in [-0.3, -0.25) is 19.7 Å². The molecule has 2 heterocycles. The number of aryl methyl sites for hydroxylation is 1. The van der Waals surface area contributed by atoms with Crippen LogP contribution in [0.2, 0.25) is 0 Å². The van der Waals surface area contributed by atoms with Crippen molar-refractivity contribution in [1.29, 1.82) is 0 Å². The van der Waals surface area contributed by atoms with Crippen LogP contribution in [0.25, 0.3) is 5.69 Å². The third-order valence-electron chi connectivity index (χ3n) is 2.06. The SMILES string of the molecule is Cc1nccn1-c1ccncc1[N+](=O)[O-]. The number of nitro groups is 1. The Labute approximate surface area is 85.4 Å². The van der Waals surface area contributed by atoms with Gasteiger partial charge in [-0.1, -0.05) is 0 Å². The molecular formula is C9H8N4O2. The van der Waals surface area contributed by atoms with Gasteiger partial charge in [-0.25, -0.2) is 4.98 Å². The number of hydrogen-bond acceptors (Lipinski definition) is 4. The van der Waals surface area contributed by atoms with Gasteiger partial charge in [-0.05, 0) is 13.0 Å². The molecule has 0 saturated heterocycles. The molecule has 0 aliphatic heterocycles. The Morgan fingerprint density at radius 1 is 1.47 bits per heavy atom. The summed E-state index contributed by atoms with van der Waals surface area (Å²) >= 11 is 0. The normalized spacial score (nSPS) is 10.2. The van der Waals surface area contributed by atoms with E-state index in [1.807, 2.05) is 0 Å². The average Bonchev–Trinajstić information content (AvgIpc) is 2.64. The van der Waals surface area contributed by atoms with Crippen LogP contribution in [0.15, 0.2) is 30.9 Å². The highest BCUT2D eigenvalue weighted by Gasteiger charge is 2.15. The molecule has 0 N–H and O–H groups in total. The van der Waals surface area contributed by atoms with E-state index in [1.165, 1.54) is 12.4 Å². The van der Waals surface area contributed by atoms with Crippen molar-refractivity contribution in [3.63, 3.8) is 0 Å². The van der Waals surface area contributed by atoms with E-state index in [-0.39, 0.29) is 5.69 Å². The summed E-state index contributed by atoms with van der Waals surface area (Å²) < 4.78 is 1.65. The fourth-order valence-corrected chi connectivity index (χ4v) is 1.36. The number of pyridine rings is 1. The summed E-state index contributed by atoms with van der Waals surface area (Å²) in [6.45, 7) is 1.78. The number of hydrogen-bond donors (Lipinski definition) is 0. The zero-order valence-corrected chi connectivity index (χ0v) is 7.99. The predicted molar refractivity (Wildman–Crippen MR) is 52.8 cm³/mol. The molecule has 0 atom stereocenters. The Hall–Kier alpha value is -2.24. The third-order valence-corrected chi connectivity index (χ3v) is 2.06. The van der Waals surface area contributed by atoms with E-state index in [0.29, 0.717) is 11.5 Å². The van der Waals surface area contributed by atoms with Crippen LogP contribution < -0.4 is 0 Å². The minimum Gasteiger partial charge on any atom is -0.298 e. The van der Waals surface area contributed by atoms with E-state index in [9.17, 15) is 10.1 Å². The van der Waals surface area contributed by atoms with Crippen molar-refractivity contribution in [1.82, 2.24) is 14.5 Å². The Bertz CT molecular complexity index is 506. The van der Waals surface area contributed by atoms with Gasteiger partial charge in [0.25, 0.3) is 0 Å². The molecule has 2 aromatic heterocycles. The second kappa shape index (κ2) is 3.49. The maximum absolute atomic E-state index is 10.8. The van der Waals surface area contributed by atoms with Crippen molar-refractivity contribution in [3.8, 4) is 5.69 Å². The Morgan fingerprint density at radius 2 is 2.27 bits per heavy atom. The fourth-order valence-electron chi connectivity index (χ4n) is 1.36. The minimum absolute atomic E-state index is 0.0291. The van der Waals surface area contributed by atoms with E-state index in [4.69, 9.17) is 0 Å². The highest BCUT2D eigenvalue weighted by molar-refractivity contribution is 5.50. The summed E-state index contributed by atoms with van der Waals surface area (Å²) in [5.41, 5.74) is 0.448. The quantitative estimate of drug-likeness (QED) is 0.548. The molecule has 2 rings (SSSR count). The van der Waals surface area contributed by atoms with Crippen molar-refractivity contribution in [2.24, 2.45) is 0 Å². The van der Waals surface area contributed by atoms with Gasteiger partial charge < -0.3 is 0 Å². The van der Waals surface area contributed by atoms with E-state index in [0.717, 1.165) is 0 Å². The van der Waals surface area contributed by atoms with Crippen LogP contribution in [-0.2, 0) is 0 Å². The van der Waals surface area contributed by atoms with Crippen LogP contribution in [0.5, 0.6) is 0 Å². The van der Waals surface area contributed by atoms with E-state index >= 15 is 0 Å². The molecule has 0 fully saturated rings. The Balaban J connectivity index is 2.63. The number of imidazole rings is 1. The summed E-state index contributed by atoms with van der Waals surface area (Å²) in [5, 5.41) is 10.8. The fraction of sp³-hybridized carbons (Fsp3) is 0.111. The number of nitrogens with zero attached hydrogens (tertiary/aromatic N) is 4. The second-order valence-corrected chi connectivity index (χ2v) is 2.97. The van der Waals surface area contributed by atoms with Crippen LogP contribution in [0.1, 0.15) is 5.82 Å². The van der Waals surface area contributed by atoms with Crippen molar-refractivity contribution in [2.45, 2.75) is 6.92 Å². The summed E-state index contributed by atoms with van der Waals surface area (Å²) in [6.07, 6.45) is 6.02. The summed E-state index contributed by atoms with van der Waals surface area (Å²) in [6, 6.07) is 1.59. The largest absolute Gasteiger partial charge is 0.311 e. The van der Waals surface area contributed by atoms with Gasteiger partial charge in [0.05, 0.1) is 4.92 Å². The zero-order chi connectivity index (χ0) is 10.8. The lowest BCUT2D eigenvalue weighted by Gasteiger charge is -2.04. The van der Waals surface area contributed by atoms with Crippen LogP contribution in [0.4, 0.5) is 5.69 Å². The standard InChI is InChI=1S/C9H8N4O2/c1-7-11-4-5-12(7)8-2-3-10-6-9(8)13(14)15/h2-6H,1H3. The maximum Gasteiger partial charge on any atom is 0.311 e. The van der Waals surface area contributed by atoms with E-state index in [1.54, 1.807) is 30.0 Å². The van der Waals surface area contributed by atoms with Gasteiger partial charge in [-0.15, -0.1) is 0 Å². The molecule has 6 nitrogen and oxygen atoms in total. The number of aromatic nitrogens is 3. The van der Waals surface area contributed by atoms with Gasteiger partial charge in [-0.2, -0.15) is 0 Å². The van der Waals surface area contributed by atoms with Gasteiger partial charge in [0.2, 0.25) is 0 Å². The van der Waals surface area contributed by atoms with Crippen LogP contribution in [0, 0.1) is 17.0 Å². The topological polar surface area (TPSA) is 73.8 Å². The summed E-state index contributed by atoms with van der Waals surface area (Å²) in [4.78, 5) is 18.0. The molecule has 15 heavy (non-hydrogen) atoms. The van der Waals surface area contributed by atoms with E-state index < -0.39 is 4.92 Å². The maximum atomic E-state index is 10.8. The zero-order valence-electron chi connectivity index (χ0n) is 7.99. The van der Waals surface area contributed by atoms with Gasteiger partial charge in [0.15, 0.2) is 0 Å². The molecule has 0 radical (unpaired) electrons. The molecule has 0 amide bonds. The molecular weight excluding hydrogens is 196 g/mol. The lowest BCUT2D eigenvalue weighted by molar-refractivity contribution is -0.384. The smallest absolute Gasteiger partial charge is 0.298 e. The average molecular weight is 204 g/mol. The second-order valence-electron chi connectivity index (χ2n) is 2.97. The summed E-state index contributed by atoms with van der Waals surface area (Å²) in [7, 11) is 0. The molecule has 6 heteroatoms. The van der Waals surface area contributed by atoms with Gasteiger partial charge in [0, 0.05) is 18.6 Å². The van der Waals surface area contributed by atoms with Crippen molar-refractivity contribution in [2.75, 3.05) is 0 Å². The molecule has 76 valence electrons. The van der Waals surface area contributed by atoms with Crippen LogP contribution >= 0.6 is 0 Å². The lowest BCUT2D eigenvalue weighted by atomic mass is 10.3. The van der Waals surface area contributed by atoms with Crippen LogP contribution in [-0.4, -0.2) is 19.5 Å². The summed E-state index contributed by atoms with van der Waals surface area (Å²) in [5.74, 6) is 0.698. The highest BCUT2D eigenvalue weighted by atomic mass is 16.6. The lowest BCUT2D eigenvalue weighted by Crippen LogP contribution is -2.01. The molecule has 0 aliphatic carbocycles. The molecule has 0 bridgehead atoms. The van der Waals surface area contributed by atoms with E-state index in [2.05, 4.69) is 9.97 Å². The van der Waals surface area contributed by atoms with Crippen molar-refractivity contribution >= 4 is 5.69 Å². The first kappa shape index (κ1) is 9.32. The predicted octanol–water partition coefficient (Wildman–Crippen LogP) is 1.48. The first-order chi connectivity index (χ1) is 7.20. The van der Waals surface area contributed by atoms with Crippen molar-refractivity contribution < 1.29 is 4.92 Å². The molecule has 0 aliphatic rings. The molecule has 0 saturated carbocycles. The van der Waals surface area contributed by atoms with Gasteiger partial charge in [0.1, 0.15) is 17.7 Å². The molecule has 0 aromatic carbocycles. The number of rotatable bonds is 2. The van der Waals surface area contributed by atoms with Crippen molar-refractivity contribution in [3.05, 3.63) is 46.8 Å².